The summed E-state index contributed by atoms with van der Waals surface area (Å²) in [6, 6.07) is -0.355. The van der Waals surface area contributed by atoms with Gasteiger partial charge in [0.15, 0.2) is 9.84 Å². The van der Waals surface area contributed by atoms with Crippen molar-refractivity contribution >= 4 is 33.6 Å². The summed E-state index contributed by atoms with van der Waals surface area (Å²) in [7, 11) is -1.76. The Balaban J connectivity index is 2.65. The fraction of sp³-hybridized carbons (Fsp3) is 0.818. The fourth-order valence-electron chi connectivity index (χ4n) is 1.94. The number of thioether (sulfide) groups is 1. The molecule has 20 heavy (non-hydrogen) atoms. The number of carboxylic acid groups (broad SMARTS) is 1. The van der Waals surface area contributed by atoms with Crippen LogP contribution >= 0.6 is 11.8 Å². The maximum Gasteiger partial charge on any atom is 0.320 e. The lowest BCUT2D eigenvalue weighted by atomic mass is 10.3. The predicted octanol–water partition coefficient (Wildman–Crippen LogP) is 0.323. The van der Waals surface area contributed by atoms with Gasteiger partial charge in [0.25, 0.3) is 0 Å². The van der Waals surface area contributed by atoms with Crippen molar-refractivity contribution in [3.8, 4) is 0 Å². The zero-order chi connectivity index (χ0) is 15.3. The molecule has 1 unspecified atom stereocenters. The monoisotopic (exact) mass is 324 g/mol. The van der Waals surface area contributed by atoms with E-state index in [0.29, 0.717) is 31.0 Å². The Morgan fingerprint density at radius 2 is 2.10 bits per heavy atom. The number of hydrogen-bond acceptors (Lipinski definition) is 5. The molecule has 0 aromatic rings. The highest BCUT2D eigenvalue weighted by Gasteiger charge is 2.35. The first-order valence-electron chi connectivity index (χ1n) is 6.23. The number of sulfone groups is 1. The van der Waals surface area contributed by atoms with Crippen LogP contribution in [0.15, 0.2) is 0 Å². The number of urea groups is 1. The van der Waals surface area contributed by atoms with Crippen LogP contribution in [0, 0.1) is 0 Å². The normalized spacial score (nSPS) is 19.7. The third-order valence-corrected chi connectivity index (χ3v) is 5.68. The van der Waals surface area contributed by atoms with Gasteiger partial charge in [-0.2, -0.15) is 11.8 Å². The molecule has 9 heteroatoms. The van der Waals surface area contributed by atoms with Crippen molar-refractivity contribution in [3.05, 3.63) is 0 Å². The van der Waals surface area contributed by atoms with E-state index >= 15 is 0 Å². The van der Waals surface area contributed by atoms with E-state index in [1.165, 1.54) is 21.6 Å². The van der Waals surface area contributed by atoms with E-state index in [0.717, 1.165) is 6.26 Å². The predicted molar refractivity (Wildman–Crippen MR) is 77.6 cm³/mol. The SMILES string of the molecule is CN(CCCC(=O)O)C(=O)N1CCSCC1S(C)(=O)=O. The lowest BCUT2D eigenvalue weighted by Gasteiger charge is -2.36. The van der Waals surface area contributed by atoms with Crippen molar-refractivity contribution in [3.63, 3.8) is 0 Å². The van der Waals surface area contributed by atoms with Crippen LogP contribution in [0.3, 0.4) is 0 Å². The van der Waals surface area contributed by atoms with Crippen LogP contribution in [0.4, 0.5) is 4.79 Å². The summed E-state index contributed by atoms with van der Waals surface area (Å²) in [6.07, 6.45) is 1.47. The first-order valence-corrected chi connectivity index (χ1v) is 9.34. The molecular weight excluding hydrogens is 304 g/mol. The second-order valence-corrected chi connectivity index (χ2v) is 8.11. The summed E-state index contributed by atoms with van der Waals surface area (Å²) in [6.45, 7) is 0.690. The molecule has 2 amide bonds. The van der Waals surface area contributed by atoms with Gasteiger partial charge in [-0.1, -0.05) is 0 Å². The summed E-state index contributed by atoms with van der Waals surface area (Å²) in [5.41, 5.74) is 0. The van der Waals surface area contributed by atoms with E-state index in [1.54, 1.807) is 7.05 Å². The highest BCUT2D eigenvalue weighted by atomic mass is 32.2. The van der Waals surface area contributed by atoms with Gasteiger partial charge in [-0.15, -0.1) is 0 Å². The molecule has 1 N–H and O–H groups in total. The Morgan fingerprint density at radius 1 is 1.45 bits per heavy atom. The average Bonchev–Trinajstić information content (AvgIpc) is 2.36. The smallest absolute Gasteiger partial charge is 0.320 e. The molecule has 1 atom stereocenters. The van der Waals surface area contributed by atoms with Crippen LogP contribution in [0.1, 0.15) is 12.8 Å². The fourth-order valence-corrected chi connectivity index (χ4v) is 4.75. The number of aliphatic carboxylic acids is 1. The Kier molecular flexibility index (Phi) is 6.12. The standard InChI is InChI=1S/C11H20N2O5S2/c1-12(5-3-4-10(14)15)11(16)13-6-7-19-8-9(13)20(2,17)18/h9H,3-8H2,1-2H3,(H,14,15). The molecular formula is C11H20N2O5S2. The van der Waals surface area contributed by atoms with Crippen LogP contribution < -0.4 is 0 Å². The highest BCUT2D eigenvalue weighted by Crippen LogP contribution is 2.21. The van der Waals surface area contributed by atoms with Crippen LogP contribution in [-0.4, -0.2) is 78.6 Å². The van der Waals surface area contributed by atoms with Crippen molar-refractivity contribution in [1.29, 1.82) is 0 Å². The number of carboxylic acids is 1. The second kappa shape index (κ2) is 7.16. The first kappa shape index (κ1) is 17.1. The van der Waals surface area contributed by atoms with E-state index in [4.69, 9.17) is 5.11 Å². The molecule has 0 aromatic heterocycles. The first-order chi connectivity index (χ1) is 9.23. The number of carbonyl (C=O) groups is 2. The lowest BCUT2D eigenvalue weighted by Crippen LogP contribution is -2.53. The van der Waals surface area contributed by atoms with Crippen molar-refractivity contribution in [2.75, 3.05) is 37.9 Å². The largest absolute Gasteiger partial charge is 0.481 e. The molecule has 0 spiro atoms. The van der Waals surface area contributed by atoms with E-state index in [-0.39, 0.29) is 12.5 Å². The van der Waals surface area contributed by atoms with Gasteiger partial charge >= 0.3 is 12.0 Å². The van der Waals surface area contributed by atoms with Crippen molar-refractivity contribution in [1.82, 2.24) is 9.80 Å². The zero-order valence-electron chi connectivity index (χ0n) is 11.6. The number of nitrogens with zero attached hydrogens (tertiary/aromatic N) is 2. The summed E-state index contributed by atoms with van der Waals surface area (Å²) in [4.78, 5) is 25.5. The molecule has 0 aromatic carbocycles. The highest BCUT2D eigenvalue weighted by molar-refractivity contribution is 8.00. The molecule has 7 nitrogen and oxygen atoms in total. The maximum atomic E-state index is 12.3. The van der Waals surface area contributed by atoms with Crippen LogP contribution in [0.2, 0.25) is 0 Å². The minimum atomic E-state index is -3.32. The van der Waals surface area contributed by atoms with E-state index in [2.05, 4.69) is 0 Å². The summed E-state index contributed by atoms with van der Waals surface area (Å²) in [5, 5.41) is 7.77. The van der Waals surface area contributed by atoms with Crippen molar-refractivity contribution in [2.45, 2.75) is 18.2 Å². The number of carbonyl (C=O) groups excluding carboxylic acids is 1. The summed E-state index contributed by atoms with van der Waals surface area (Å²) in [5.74, 6) is 0.183. The molecule has 1 rings (SSSR count). The molecule has 116 valence electrons. The Bertz CT molecular complexity index is 465. The molecule has 0 saturated carbocycles. The minimum Gasteiger partial charge on any atom is -0.481 e. The molecule has 0 bridgehead atoms. The minimum absolute atomic E-state index is 0.0109. The molecule has 1 aliphatic heterocycles. The van der Waals surface area contributed by atoms with Gasteiger partial charge in [0.05, 0.1) is 0 Å². The maximum absolute atomic E-state index is 12.3. The van der Waals surface area contributed by atoms with Gasteiger partial charge in [0.1, 0.15) is 5.37 Å². The van der Waals surface area contributed by atoms with Gasteiger partial charge in [0.2, 0.25) is 0 Å². The third-order valence-electron chi connectivity index (χ3n) is 3.04. The summed E-state index contributed by atoms with van der Waals surface area (Å²) >= 11 is 1.52. The molecule has 0 aliphatic carbocycles. The van der Waals surface area contributed by atoms with Gasteiger partial charge in [0, 0.05) is 44.3 Å². The Hall–Kier alpha value is -0.960. The van der Waals surface area contributed by atoms with Crippen LogP contribution in [-0.2, 0) is 14.6 Å². The topological polar surface area (TPSA) is 95.0 Å². The average molecular weight is 324 g/mol. The summed E-state index contributed by atoms with van der Waals surface area (Å²) < 4.78 is 23.4. The lowest BCUT2D eigenvalue weighted by molar-refractivity contribution is -0.137. The quantitative estimate of drug-likeness (QED) is 0.783. The van der Waals surface area contributed by atoms with Crippen molar-refractivity contribution < 1.29 is 23.1 Å². The molecule has 1 saturated heterocycles. The van der Waals surface area contributed by atoms with Crippen molar-refractivity contribution in [2.24, 2.45) is 0 Å². The Labute approximate surface area is 123 Å². The molecule has 0 radical (unpaired) electrons. The van der Waals surface area contributed by atoms with E-state index < -0.39 is 21.2 Å². The van der Waals surface area contributed by atoms with E-state index in [1.807, 2.05) is 0 Å². The molecule has 1 fully saturated rings. The van der Waals surface area contributed by atoms with Crippen LogP contribution in [0.25, 0.3) is 0 Å². The Morgan fingerprint density at radius 3 is 2.65 bits per heavy atom. The number of amides is 2. The van der Waals surface area contributed by atoms with E-state index in [9.17, 15) is 18.0 Å². The third kappa shape index (κ3) is 4.86. The molecule has 1 aliphatic rings. The second-order valence-electron chi connectivity index (χ2n) is 4.75. The number of rotatable bonds is 5. The van der Waals surface area contributed by atoms with Gasteiger partial charge in [-0.25, -0.2) is 13.2 Å². The van der Waals surface area contributed by atoms with Crippen LogP contribution in [0.5, 0.6) is 0 Å². The zero-order valence-corrected chi connectivity index (χ0v) is 13.2. The van der Waals surface area contributed by atoms with Gasteiger partial charge < -0.3 is 14.9 Å². The van der Waals surface area contributed by atoms with Gasteiger partial charge in [-0.05, 0) is 6.42 Å². The number of hydrogen-bond donors (Lipinski definition) is 1. The van der Waals surface area contributed by atoms with Gasteiger partial charge in [-0.3, -0.25) is 4.79 Å². The molecule has 1 heterocycles.